The maximum atomic E-state index is 12.2. The molecule has 1 saturated heterocycles. The molecule has 2 aromatic heterocycles. The summed E-state index contributed by atoms with van der Waals surface area (Å²) in [4.78, 5) is 18.2. The van der Waals surface area contributed by atoms with E-state index in [1.807, 2.05) is 36.9 Å². The normalized spacial score (nSPS) is 17.0. The monoisotopic (exact) mass is 332 g/mol. The Kier molecular flexibility index (Phi) is 4.89. The number of piperidine rings is 1. The van der Waals surface area contributed by atoms with Crippen LogP contribution in [0.5, 0.6) is 0 Å². The molecular formula is C17H24N4O3. The van der Waals surface area contributed by atoms with Crippen molar-refractivity contribution < 1.29 is 14.3 Å². The number of hydrogen-bond donors (Lipinski definition) is 2. The second-order valence-corrected chi connectivity index (χ2v) is 6.34. The van der Waals surface area contributed by atoms with Crippen LogP contribution in [0.25, 0.3) is 0 Å². The number of nitrogens with zero attached hydrogens (tertiary/aromatic N) is 3. The zero-order chi connectivity index (χ0) is 17.1. The predicted molar refractivity (Wildman–Crippen MR) is 88.1 cm³/mol. The summed E-state index contributed by atoms with van der Waals surface area (Å²) in [5, 5.41) is 13.4. The Hall–Kier alpha value is -2.28. The molecule has 1 aliphatic rings. The highest BCUT2D eigenvalue weighted by molar-refractivity contribution is 5.74. The van der Waals surface area contributed by atoms with Crippen LogP contribution in [-0.4, -0.2) is 38.7 Å². The lowest BCUT2D eigenvalue weighted by molar-refractivity contribution is 0.0583. The van der Waals surface area contributed by atoms with Crippen LogP contribution in [0.3, 0.4) is 0 Å². The summed E-state index contributed by atoms with van der Waals surface area (Å²) < 4.78 is 7.29. The minimum atomic E-state index is -0.582. The van der Waals surface area contributed by atoms with Crippen molar-refractivity contribution in [2.45, 2.75) is 32.4 Å². The molecule has 2 amide bonds. The average Bonchev–Trinajstić information content (AvgIpc) is 3.20. The van der Waals surface area contributed by atoms with Crippen molar-refractivity contribution in [1.29, 1.82) is 0 Å². The van der Waals surface area contributed by atoms with E-state index in [-0.39, 0.29) is 11.9 Å². The van der Waals surface area contributed by atoms with E-state index in [1.165, 1.54) is 0 Å². The zero-order valence-electron chi connectivity index (χ0n) is 14.1. The highest BCUT2D eigenvalue weighted by Gasteiger charge is 2.30. The Balaban J connectivity index is 1.47. The van der Waals surface area contributed by atoms with Crippen LogP contribution >= 0.6 is 0 Å². The molecule has 1 fully saturated rings. The van der Waals surface area contributed by atoms with Gasteiger partial charge in [0.1, 0.15) is 23.4 Å². The molecular weight excluding hydrogens is 308 g/mol. The van der Waals surface area contributed by atoms with Crippen LogP contribution in [0.4, 0.5) is 4.79 Å². The fraction of sp³-hybridized carbons (Fsp3) is 0.529. The lowest BCUT2D eigenvalue weighted by Crippen LogP contribution is -2.45. The molecule has 0 spiro atoms. The van der Waals surface area contributed by atoms with Gasteiger partial charge in [0.2, 0.25) is 0 Å². The summed E-state index contributed by atoms with van der Waals surface area (Å²) in [5.74, 6) is 2.40. The first-order chi connectivity index (χ1) is 11.5. The van der Waals surface area contributed by atoms with Crippen molar-refractivity contribution in [3.63, 3.8) is 0 Å². The first-order valence-electron chi connectivity index (χ1n) is 8.28. The van der Waals surface area contributed by atoms with Gasteiger partial charge in [0.25, 0.3) is 0 Å². The lowest BCUT2D eigenvalue weighted by Gasteiger charge is -2.33. The van der Waals surface area contributed by atoms with Crippen molar-refractivity contribution in [3.05, 3.63) is 41.9 Å². The number of aliphatic hydroxyl groups excluding tert-OH is 1. The quantitative estimate of drug-likeness (QED) is 0.897. The number of hydrogen-bond acceptors (Lipinski definition) is 4. The number of rotatable bonds is 4. The van der Waals surface area contributed by atoms with E-state index in [0.717, 1.165) is 24.4 Å². The minimum absolute atomic E-state index is 0.0889. The molecule has 2 aromatic rings. The summed E-state index contributed by atoms with van der Waals surface area (Å²) in [5.41, 5.74) is 0. The summed E-state index contributed by atoms with van der Waals surface area (Å²) in [6.07, 6.45) is 4.47. The third-order valence-corrected chi connectivity index (χ3v) is 4.61. The number of carbonyl (C=O) groups excluding carboxylic acids is 1. The van der Waals surface area contributed by atoms with E-state index in [4.69, 9.17) is 4.42 Å². The highest BCUT2D eigenvalue weighted by atomic mass is 16.3. The Labute approximate surface area is 141 Å². The Morgan fingerprint density at radius 1 is 1.46 bits per heavy atom. The summed E-state index contributed by atoms with van der Waals surface area (Å²) in [6, 6.07) is 3.66. The molecule has 0 aromatic carbocycles. The molecule has 3 rings (SSSR count). The molecule has 130 valence electrons. The first-order valence-corrected chi connectivity index (χ1v) is 8.28. The highest BCUT2D eigenvalue weighted by Crippen LogP contribution is 2.29. The van der Waals surface area contributed by atoms with Crippen LogP contribution in [0, 0.1) is 12.8 Å². The van der Waals surface area contributed by atoms with Crippen molar-refractivity contribution in [3.8, 4) is 0 Å². The predicted octanol–water partition coefficient (Wildman–Crippen LogP) is 1.98. The number of furan rings is 1. The van der Waals surface area contributed by atoms with Gasteiger partial charge in [-0.15, -0.1) is 0 Å². The van der Waals surface area contributed by atoms with Gasteiger partial charge in [0, 0.05) is 32.5 Å². The number of nitrogens with one attached hydrogen (secondary N) is 1. The summed E-state index contributed by atoms with van der Waals surface area (Å²) in [7, 11) is 1.88. The van der Waals surface area contributed by atoms with E-state index in [2.05, 4.69) is 10.3 Å². The largest absolute Gasteiger partial charge is 0.465 e. The van der Waals surface area contributed by atoms with E-state index < -0.39 is 6.10 Å². The van der Waals surface area contributed by atoms with Crippen LogP contribution < -0.4 is 5.32 Å². The van der Waals surface area contributed by atoms with E-state index in [0.29, 0.717) is 25.5 Å². The Morgan fingerprint density at radius 3 is 2.79 bits per heavy atom. The second kappa shape index (κ2) is 7.09. The van der Waals surface area contributed by atoms with Crippen LogP contribution in [0.2, 0.25) is 0 Å². The molecule has 0 radical (unpaired) electrons. The minimum Gasteiger partial charge on any atom is -0.465 e. The standard InChI is InChI=1S/C17H24N4O3/c1-12-3-4-14(24-12)11-19-17(23)21-8-5-13(6-9-21)15(22)16-18-7-10-20(16)2/h3-4,7,10,13,15,22H,5-6,8-9,11H2,1-2H3,(H,19,23)/t15-/m1/s1. The van der Waals surface area contributed by atoms with E-state index in [1.54, 1.807) is 11.1 Å². The van der Waals surface area contributed by atoms with Crippen LogP contribution in [0.1, 0.15) is 36.3 Å². The maximum absolute atomic E-state index is 12.2. The van der Waals surface area contributed by atoms with Gasteiger partial charge in [0.15, 0.2) is 0 Å². The third-order valence-electron chi connectivity index (χ3n) is 4.61. The number of imidazole rings is 1. The van der Waals surface area contributed by atoms with Crippen molar-refractivity contribution in [2.24, 2.45) is 13.0 Å². The van der Waals surface area contributed by atoms with Gasteiger partial charge in [-0.05, 0) is 37.8 Å². The molecule has 1 atom stereocenters. The van der Waals surface area contributed by atoms with E-state index >= 15 is 0 Å². The second-order valence-electron chi connectivity index (χ2n) is 6.34. The van der Waals surface area contributed by atoms with Gasteiger partial charge in [-0.3, -0.25) is 0 Å². The van der Waals surface area contributed by atoms with Gasteiger partial charge in [-0.1, -0.05) is 0 Å². The Bertz CT molecular complexity index is 686. The van der Waals surface area contributed by atoms with Crippen molar-refractivity contribution >= 4 is 6.03 Å². The van der Waals surface area contributed by atoms with Gasteiger partial charge < -0.3 is 24.3 Å². The molecule has 0 unspecified atom stereocenters. The van der Waals surface area contributed by atoms with Crippen LogP contribution in [0.15, 0.2) is 28.9 Å². The van der Waals surface area contributed by atoms with Gasteiger partial charge in [0.05, 0.1) is 6.54 Å². The maximum Gasteiger partial charge on any atom is 0.317 e. The number of amides is 2. The van der Waals surface area contributed by atoms with Gasteiger partial charge in [-0.2, -0.15) is 0 Å². The fourth-order valence-electron chi connectivity index (χ4n) is 3.15. The third kappa shape index (κ3) is 3.62. The molecule has 7 heteroatoms. The van der Waals surface area contributed by atoms with Crippen molar-refractivity contribution in [1.82, 2.24) is 19.8 Å². The van der Waals surface area contributed by atoms with Gasteiger partial charge in [-0.25, -0.2) is 9.78 Å². The fourth-order valence-corrected chi connectivity index (χ4v) is 3.15. The first kappa shape index (κ1) is 16.6. The average molecular weight is 332 g/mol. The molecule has 2 N–H and O–H groups in total. The number of aromatic nitrogens is 2. The molecule has 0 saturated carbocycles. The molecule has 1 aliphatic heterocycles. The van der Waals surface area contributed by atoms with Crippen LogP contribution in [-0.2, 0) is 13.6 Å². The number of aliphatic hydroxyl groups is 1. The lowest BCUT2D eigenvalue weighted by atomic mass is 9.91. The summed E-state index contributed by atoms with van der Waals surface area (Å²) >= 11 is 0. The molecule has 3 heterocycles. The molecule has 0 bridgehead atoms. The van der Waals surface area contributed by atoms with Gasteiger partial charge >= 0.3 is 6.03 Å². The number of likely N-dealkylation sites (tertiary alicyclic amines) is 1. The molecule has 0 aliphatic carbocycles. The zero-order valence-corrected chi connectivity index (χ0v) is 14.1. The Morgan fingerprint density at radius 2 is 2.21 bits per heavy atom. The number of carbonyl (C=O) groups is 1. The SMILES string of the molecule is Cc1ccc(CNC(=O)N2CCC([C@@H](O)c3nccn3C)CC2)o1. The number of urea groups is 1. The van der Waals surface area contributed by atoms with E-state index in [9.17, 15) is 9.90 Å². The smallest absolute Gasteiger partial charge is 0.317 e. The molecule has 7 nitrogen and oxygen atoms in total. The van der Waals surface area contributed by atoms with Crippen molar-refractivity contribution in [2.75, 3.05) is 13.1 Å². The topological polar surface area (TPSA) is 83.5 Å². The summed E-state index contributed by atoms with van der Waals surface area (Å²) in [6.45, 7) is 3.54. The number of aryl methyl sites for hydroxylation is 2. The molecule has 24 heavy (non-hydrogen) atoms.